The van der Waals surface area contributed by atoms with Gasteiger partial charge < -0.3 is 0 Å². The van der Waals surface area contributed by atoms with Crippen molar-refractivity contribution < 1.29 is 4.79 Å². The van der Waals surface area contributed by atoms with Gasteiger partial charge in [-0.25, -0.2) is 5.43 Å². The number of ketones is 1. The van der Waals surface area contributed by atoms with Crippen LogP contribution in [-0.4, -0.2) is 17.9 Å². The van der Waals surface area contributed by atoms with Gasteiger partial charge in [-0.05, 0) is 31.6 Å². The van der Waals surface area contributed by atoms with Crippen LogP contribution in [0.4, 0.5) is 0 Å². The molecule has 2 rings (SSSR count). The molecule has 0 aromatic rings. The van der Waals surface area contributed by atoms with Gasteiger partial charge in [0.25, 0.3) is 0 Å². The molecule has 0 amide bonds. The molecule has 2 saturated carbocycles. The van der Waals surface area contributed by atoms with Crippen molar-refractivity contribution in [3.8, 4) is 0 Å². The van der Waals surface area contributed by atoms with Gasteiger partial charge in [-0.1, -0.05) is 71.1 Å². The molecule has 128 valence electrons. The molecule has 0 saturated heterocycles. The molecule has 0 heterocycles. The number of hydrogen-bond donors (Lipinski definition) is 2. The number of carbonyl (C=O) groups is 1. The van der Waals surface area contributed by atoms with Gasteiger partial charge in [0.15, 0.2) is 5.78 Å². The van der Waals surface area contributed by atoms with Gasteiger partial charge in [0.2, 0.25) is 0 Å². The Morgan fingerprint density at radius 1 is 0.909 bits per heavy atom. The second-order valence-corrected chi connectivity index (χ2v) is 7.71. The van der Waals surface area contributed by atoms with Crippen molar-refractivity contribution in [1.82, 2.24) is 10.9 Å². The lowest BCUT2D eigenvalue weighted by Gasteiger charge is -2.40. The van der Waals surface area contributed by atoms with Gasteiger partial charge >= 0.3 is 0 Å². The molecule has 0 aliphatic heterocycles. The van der Waals surface area contributed by atoms with Crippen LogP contribution in [0.25, 0.3) is 0 Å². The van der Waals surface area contributed by atoms with E-state index in [1.54, 1.807) is 6.92 Å². The van der Waals surface area contributed by atoms with Gasteiger partial charge in [0.05, 0.1) is 5.54 Å². The fourth-order valence-corrected chi connectivity index (χ4v) is 4.59. The van der Waals surface area contributed by atoms with E-state index in [9.17, 15) is 4.79 Å². The summed E-state index contributed by atoms with van der Waals surface area (Å²) in [6.45, 7) is 4.76. The van der Waals surface area contributed by atoms with E-state index in [1.807, 2.05) is 0 Å². The van der Waals surface area contributed by atoms with Crippen LogP contribution in [0.2, 0.25) is 0 Å². The lowest BCUT2D eigenvalue weighted by atomic mass is 9.71. The maximum absolute atomic E-state index is 12.6. The fraction of sp³-hybridized carbons (Fsp3) is 0.947. The minimum atomic E-state index is -0.333. The van der Waals surface area contributed by atoms with E-state index < -0.39 is 0 Å². The van der Waals surface area contributed by atoms with E-state index in [-0.39, 0.29) is 5.54 Å². The third-order valence-electron chi connectivity index (χ3n) is 5.90. The SMILES string of the molecule is CCNNC(CC1CCCCC1)(CC1CCCCC1)C(C)=O. The number of hydrogen-bond acceptors (Lipinski definition) is 3. The highest BCUT2D eigenvalue weighted by Crippen LogP contribution is 2.37. The molecular formula is C19H36N2O. The van der Waals surface area contributed by atoms with Crippen molar-refractivity contribution in [3.63, 3.8) is 0 Å². The number of hydrazine groups is 1. The first-order chi connectivity index (χ1) is 10.7. The van der Waals surface area contributed by atoms with Crippen molar-refractivity contribution in [1.29, 1.82) is 0 Å². The standard InChI is InChI=1S/C19H36N2O/c1-3-20-21-19(16(2)22,14-17-10-6-4-7-11-17)15-18-12-8-5-9-13-18/h17-18,20-21H,3-15H2,1-2H3. The molecule has 2 N–H and O–H groups in total. The molecule has 0 spiro atoms. The van der Waals surface area contributed by atoms with E-state index in [1.165, 1.54) is 64.2 Å². The maximum atomic E-state index is 12.6. The number of Topliss-reactive ketones (excluding diaryl/α,β-unsaturated/α-hetero) is 1. The van der Waals surface area contributed by atoms with Crippen molar-refractivity contribution in [2.24, 2.45) is 11.8 Å². The van der Waals surface area contributed by atoms with Crippen LogP contribution in [0.1, 0.15) is 90.9 Å². The molecule has 2 aliphatic carbocycles. The summed E-state index contributed by atoms with van der Waals surface area (Å²) in [5, 5.41) is 0. The Morgan fingerprint density at radius 3 is 1.73 bits per heavy atom. The molecule has 0 aromatic heterocycles. The summed E-state index contributed by atoms with van der Waals surface area (Å²) in [7, 11) is 0. The van der Waals surface area contributed by atoms with Crippen LogP contribution in [0, 0.1) is 11.8 Å². The van der Waals surface area contributed by atoms with E-state index >= 15 is 0 Å². The van der Waals surface area contributed by atoms with Crippen molar-refractivity contribution in [3.05, 3.63) is 0 Å². The van der Waals surface area contributed by atoms with Crippen molar-refractivity contribution >= 4 is 5.78 Å². The molecule has 0 radical (unpaired) electrons. The van der Waals surface area contributed by atoms with Gasteiger partial charge in [-0.15, -0.1) is 0 Å². The summed E-state index contributed by atoms with van der Waals surface area (Å²) in [4.78, 5) is 12.6. The van der Waals surface area contributed by atoms with Gasteiger partial charge in [-0.2, -0.15) is 0 Å². The van der Waals surface area contributed by atoms with Gasteiger partial charge in [0, 0.05) is 6.54 Å². The quantitative estimate of drug-likeness (QED) is 0.654. The highest BCUT2D eigenvalue weighted by atomic mass is 16.1. The first kappa shape index (κ1) is 17.9. The molecule has 0 aromatic carbocycles. The molecule has 3 heteroatoms. The van der Waals surface area contributed by atoms with Gasteiger partial charge in [-0.3, -0.25) is 10.2 Å². The van der Waals surface area contributed by atoms with E-state index in [0.29, 0.717) is 5.78 Å². The first-order valence-corrected chi connectivity index (χ1v) is 9.67. The molecule has 0 atom stereocenters. The zero-order valence-corrected chi connectivity index (χ0v) is 14.8. The molecule has 0 unspecified atom stereocenters. The summed E-state index contributed by atoms with van der Waals surface area (Å²) in [5.41, 5.74) is 6.42. The van der Waals surface area contributed by atoms with Crippen LogP contribution in [0.3, 0.4) is 0 Å². The first-order valence-electron chi connectivity index (χ1n) is 9.67. The van der Waals surface area contributed by atoms with E-state index in [0.717, 1.165) is 31.2 Å². The second-order valence-electron chi connectivity index (χ2n) is 7.71. The fourth-order valence-electron chi connectivity index (χ4n) is 4.59. The van der Waals surface area contributed by atoms with E-state index in [4.69, 9.17) is 0 Å². The summed E-state index contributed by atoms with van der Waals surface area (Å²) < 4.78 is 0. The lowest BCUT2D eigenvalue weighted by Crippen LogP contribution is -2.58. The summed E-state index contributed by atoms with van der Waals surface area (Å²) >= 11 is 0. The largest absolute Gasteiger partial charge is 0.298 e. The summed E-state index contributed by atoms with van der Waals surface area (Å²) in [6.07, 6.45) is 15.5. The van der Waals surface area contributed by atoms with Crippen LogP contribution < -0.4 is 10.9 Å². The van der Waals surface area contributed by atoms with Crippen LogP contribution >= 0.6 is 0 Å². The third-order valence-corrected chi connectivity index (χ3v) is 5.90. The Morgan fingerprint density at radius 2 is 1.36 bits per heavy atom. The Labute approximate surface area is 137 Å². The summed E-state index contributed by atoms with van der Waals surface area (Å²) in [5.74, 6) is 1.80. The van der Waals surface area contributed by atoms with Gasteiger partial charge in [0.1, 0.15) is 0 Å². The lowest BCUT2D eigenvalue weighted by molar-refractivity contribution is -0.125. The topological polar surface area (TPSA) is 41.1 Å². The Kier molecular flexibility index (Phi) is 7.36. The van der Waals surface area contributed by atoms with Crippen LogP contribution in [0.15, 0.2) is 0 Å². The predicted molar refractivity (Wildman–Crippen MR) is 92.6 cm³/mol. The van der Waals surface area contributed by atoms with Crippen molar-refractivity contribution in [2.75, 3.05) is 6.54 Å². The Balaban J connectivity index is 2.06. The molecular weight excluding hydrogens is 272 g/mol. The zero-order chi connectivity index (χ0) is 15.8. The minimum Gasteiger partial charge on any atom is -0.298 e. The summed E-state index contributed by atoms with van der Waals surface area (Å²) in [6, 6.07) is 0. The molecule has 3 nitrogen and oxygen atoms in total. The third kappa shape index (κ3) is 5.06. The smallest absolute Gasteiger partial charge is 0.151 e. The average molecular weight is 309 g/mol. The maximum Gasteiger partial charge on any atom is 0.151 e. The monoisotopic (exact) mass is 308 g/mol. The second kappa shape index (κ2) is 9.02. The molecule has 2 aliphatic rings. The van der Waals surface area contributed by atoms with Crippen molar-refractivity contribution in [2.45, 2.75) is 96.4 Å². The van der Waals surface area contributed by atoms with E-state index in [2.05, 4.69) is 17.8 Å². The average Bonchev–Trinajstić information content (AvgIpc) is 2.54. The highest BCUT2D eigenvalue weighted by Gasteiger charge is 2.39. The Hall–Kier alpha value is -0.410. The molecule has 2 fully saturated rings. The number of carbonyl (C=O) groups excluding carboxylic acids is 1. The Bertz CT molecular complexity index is 310. The zero-order valence-electron chi connectivity index (χ0n) is 14.8. The molecule has 0 bridgehead atoms. The number of rotatable bonds is 8. The normalized spacial score (nSPS) is 21.9. The predicted octanol–water partition coefficient (Wildman–Crippen LogP) is 4.37. The van der Waals surface area contributed by atoms with Crippen LogP contribution in [0.5, 0.6) is 0 Å². The van der Waals surface area contributed by atoms with Crippen LogP contribution in [-0.2, 0) is 4.79 Å². The molecule has 22 heavy (non-hydrogen) atoms. The highest BCUT2D eigenvalue weighted by molar-refractivity contribution is 5.86. The number of nitrogens with one attached hydrogen (secondary N) is 2. The minimum absolute atomic E-state index is 0.333.